The highest BCUT2D eigenvalue weighted by atomic mass is 35.5. The molecular formula is C41H40ClF6N9O7. The van der Waals surface area contributed by atoms with Gasteiger partial charge < -0.3 is 24.6 Å². The molecule has 0 saturated heterocycles. The van der Waals surface area contributed by atoms with E-state index in [1.165, 1.54) is 42.7 Å². The predicted molar refractivity (Wildman–Crippen MR) is 220 cm³/mol. The Morgan fingerprint density at radius 3 is 1.45 bits per heavy atom. The molecule has 4 heterocycles. The molecular weight excluding hydrogens is 880 g/mol. The molecule has 0 aliphatic rings. The second-order valence-electron chi connectivity index (χ2n) is 14.4. The third-order valence-corrected chi connectivity index (χ3v) is 8.61. The molecule has 0 radical (unpaired) electrons. The van der Waals surface area contributed by atoms with Gasteiger partial charge in [0.15, 0.2) is 11.6 Å². The molecule has 0 unspecified atom stereocenters. The highest BCUT2D eigenvalue weighted by Crippen LogP contribution is 2.34. The van der Waals surface area contributed by atoms with E-state index < -0.39 is 40.8 Å². The Balaban J connectivity index is 0.000000240. The molecule has 2 aromatic carbocycles. The molecule has 4 aromatic heterocycles. The summed E-state index contributed by atoms with van der Waals surface area (Å²) in [6.07, 6.45) is -3.97. The Kier molecular flexibility index (Phi) is 15.8. The van der Waals surface area contributed by atoms with E-state index >= 15 is 0 Å². The number of rotatable bonds is 10. The number of carbonyl (C=O) groups is 3. The minimum Gasteiger partial charge on any atom is -0.478 e. The third kappa shape index (κ3) is 13.2. The summed E-state index contributed by atoms with van der Waals surface area (Å²) in [6, 6.07) is 7.05. The lowest BCUT2D eigenvalue weighted by molar-refractivity contribution is -0.138. The van der Waals surface area contributed by atoms with E-state index in [-0.39, 0.29) is 33.9 Å². The maximum Gasteiger partial charge on any atom is 0.416 e. The van der Waals surface area contributed by atoms with E-state index in [2.05, 4.69) is 35.2 Å². The minimum absolute atomic E-state index is 0.0361. The van der Waals surface area contributed by atoms with Crippen LogP contribution in [0.4, 0.5) is 31.1 Å². The number of aromatic nitrogens is 8. The van der Waals surface area contributed by atoms with Crippen molar-refractivity contribution >= 4 is 52.5 Å². The first-order chi connectivity index (χ1) is 29.7. The number of carbonyl (C=O) groups excluding carboxylic acids is 2. The van der Waals surface area contributed by atoms with Gasteiger partial charge in [0, 0.05) is 35.1 Å². The molecule has 0 bridgehead atoms. The van der Waals surface area contributed by atoms with Crippen LogP contribution < -0.4 is 5.73 Å². The number of halogens is 7. The lowest BCUT2D eigenvalue weighted by Gasteiger charge is -2.09. The summed E-state index contributed by atoms with van der Waals surface area (Å²) in [5.41, 5.74) is 5.89. The van der Waals surface area contributed by atoms with Gasteiger partial charge in [-0.15, -0.1) is 10.2 Å². The number of aryl methyl sites for hydroxylation is 6. The van der Waals surface area contributed by atoms with Crippen LogP contribution in [0.2, 0.25) is 0 Å². The van der Waals surface area contributed by atoms with Crippen LogP contribution in [0.1, 0.15) is 70.1 Å². The molecule has 0 spiro atoms. The quantitative estimate of drug-likeness (QED) is 0.0744. The van der Waals surface area contributed by atoms with Crippen molar-refractivity contribution < 1.29 is 59.6 Å². The molecule has 6 rings (SSSR count). The first kappa shape index (κ1) is 49.6. The number of benzene rings is 2. The van der Waals surface area contributed by atoms with Crippen molar-refractivity contribution in [1.82, 2.24) is 39.8 Å². The lowest BCUT2D eigenvalue weighted by atomic mass is 10.1. The monoisotopic (exact) mass is 919 g/mol. The second kappa shape index (κ2) is 20.4. The smallest absolute Gasteiger partial charge is 0.416 e. The van der Waals surface area contributed by atoms with Gasteiger partial charge in [0.2, 0.25) is 0 Å². The van der Waals surface area contributed by atoms with Gasteiger partial charge in [-0.2, -0.15) is 26.3 Å². The largest absolute Gasteiger partial charge is 0.478 e. The van der Waals surface area contributed by atoms with Gasteiger partial charge >= 0.3 is 23.8 Å². The highest BCUT2D eigenvalue weighted by Gasteiger charge is 2.32. The number of hydrogen-bond donors (Lipinski definition) is 2. The number of alkyl halides is 6. The van der Waals surface area contributed by atoms with E-state index in [4.69, 9.17) is 26.4 Å². The number of nitrogens with two attached hydrogens (primary N) is 1. The maximum atomic E-state index is 13.0. The first-order valence-electron chi connectivity index (χ1n) is 18.6. The summed E-state index contributed by atoms with van der Waals surface area (Å²) in [6.45, 7) is 13.8. The molecule has 23 heteroatoms. The van der Waals surface area contributed by atoms with Crippen LogP contribution in [0.25, 0.3) is 46.3 Å². The molecule has 64 heavy (non-hydrogen) atoms. The lowest BCUT2D eigenvalue weighted by Crippen LogP contribution is -2.14. The standard InChI is InChI=1S/C18H16F3N5O2.C18H15F3N4O3.C5H9ClO2/c1-9-4-12(6-13(5-9)18(19,20)21)17-23-8-26(24-17)7-14(16(22)27)15-10(2)25-28-11(15)3;1-9-4-12(6-13(5-9)18(19,20)21)16-22-8-25(23-16)7-14(17(26)27)15-10(2)24-28-11(15)3;1-4(2)3-8-5(6)7/h4-8H,1-3H3,(H2,22,27);4-8H,1-3H3,(H,26,27);4H,3H2,1-2H3/b2*14-7+;. The Hall–Kier alpha value is -7.10. The summed E-state index contributed by atoms with van der Waals surface area (Å²) >= 11 is 4.86. The van der Waals surface area contributed by atoms with Crippen molar-refractivity contribution in [3.05, 3.63) is 105 Å². The van der Waals surface area contributed by atoms with Crippen molar-refractivity contribution in [2.24, 2.45) is 11.7 Å². The van der Waals surface area contributed by atoms with E-state index in [0.717, 1.165) is 28.9 Å². The zero-order valence-electron chi connectivity index (χ0n) is 35.3. The number of nitrogens with zero attached hydrogens (tertiary/aromatic N) is 8. The van der Waals surface area contributed by atoms with E-state index in [1.807, 2.05) is 13.8 Å². The SMILES string of the molecule is CC(C)COC(=O)Cl.Cc1cc(-c2ncn(/C=C(/C(=O)O)c3c(C)noc3C)n2)cc(C(F)(F)F)c1.Cc1cc(-c2ncn(/C=C(/C(N)=O)c3c(C)noc3C)n2)cc(C(F)(F)F)c1. The number of carboxylic acids is 1. The van der Waals surface area contributed by atoms with Gasteiger partial charge in [0.1, 0.15) is 24.2 Å². The zero-order chi connectivity index (χ0) is 47.8. The summed E-state index contributed by atoms with van der Waals surface area (Å²) in [5, 5.41) is 25.2. The average molecular weight is 920 g/mol. The van der Waals surface area contributed by atoms with Crippen LogP contribution in [0.5, 0.6) is 0 Å². The van der Waals surface area contributed by atoms with E-state index in [0.29, 0.717) is 57.7 Å². The number of carboxylic acid groups (broad SMARTS) is 1. The van der Waals surface area contributed by atoms with Crippen LogP contribution in [-0.2, 0) is 26.7 Å². The number of amides is 1. The van der Waals surface area contributed by atoms with Gasteiger partial charge in [-0.3, -0.25) is 4.79 Å². The molecule has 0 atom stereocenters. The Morgan fingerprint density at radius 1 is 0.734 bits per heavy atom. The minimum atomic E-state index is -4.50. The Labute approximate surface area is 365 Å². The zero-order valence-corrected chi connectivity index (χ0v) is 36.0. The summed E-state index contributed by atoms with van der Waals surface area (Å²) in [7, 11) is 0. The van der Waals surface area contributed by atoms with Crippen LogP contribution in [-0.4, -0.2) is 68.9 Å². The van der Waals surface area contributed by atoms with Crippen LogP contribution in [0.3, 0.4) is 0 Å². The van der Waals surface area contributed by atoms with Gasteiger partial charge in [-0.1, -0.05) is 24.2 Å². The second-order valence-corrected chi connectivity index (χ2v) is 14.7. The molecule has 3 N–H and O–H groups in total. The van der Waals surface area contributed by atoms with Crippen LogP contribution in [0, 0.1) is 47.5 Å². The molecule has 16 nitrogen and oxygen atoms in total. The van der Waals surface area contributed by atoms with Crippen molar-refractivity contribution in [2.45, 2.75) is 67.7 Å². The fourth-order valence-electron chi connectivity index (χ4n) is 5.80. The maximum absolute atomic E-state index is 13.0. The summed E-state index contributed by atoms with van der Waals surface area (Å²) < 4.78 is 95.0. The van der Waals surface area contributed by atoms with Crippen molar-refractivity contribution in [2.75, 3.05) is 6.61 Å². The molecule has 0 saturated carbocycles. The third-order valence-electron chi connectivity index (χ3n) is 8.50. The number of hydrogen-bond acceptors (Lipinski definition) is 12. The molecule has 0 aliphatic carbocycles. The molecule has 1 amide bonds. The molecule has 340 valence electrons. The predicted octanol–water partition coefficient (Wildman–Crippen LogP) is 9.34. The Morgan fingerprint density at radius 2 is 1.14 bits per heavy atom. The molecule has 0 aliphatic heterocycles. The fourth-order valence-corrected chi connectivity index (χ4v) is 5.86. The summed E-state index contributed by atoms with van der Waals surface area (Å²) in [4.78, 5) is 41.5. The van der Waals surface area contributed by atoms with Gasteiger partial charge in [0.05, 0.1) is 51.4 Å². The van der Waals surface area contributed by atoms with E-state index in [9.17, 15) is 45.8 Å². The number of ether oxygens (including phenoxy) is 1. The number of aliphatic carboxylic acids is 1. The van der Waals surface area contributed by atoms with Crippen molar-refractivity contribution in [3.8, 4) is 22.8 Å². The van der Waals surface area contributed by atoms with E-state index in [1.54, 1.807) is 40.7 Å². The average Bonchev–Trinajstić information content (AvgIpc) is 4.00. The van der Waals surface area contributed by atoms with Crippen molar-refractivity contribution in [3.63, 3.8) is 0 Å². The molecule has 0 fully saturated rings. The molecule has 6 aromatic rings. The van der Waals surface area contributed by atoms with Gasteiger partial charge in [0.25, 0.3) is 5.91 Å². The highest BCUT2D eigenvalue weighted by molar-refractivity contribution is 6.61. The first-order valence-corrected chi connectivity index (χ1v) is 19.0. The summed E-state index contributed by atoms with van der Waals surface area (Å²) in [5.74, 6) is -0.779. The number of primary amides is 1. The van der Waals surface area contributed by atoms with Crippen molar-refractivity contribution in [1.29, 1.82) is 0 Å². The van der Waals surface area contributed by atoms with Gasteiger partial charge in [-0.25, -0.2) is 28.9 Å². The Bertz CT molecular complexity index is 2500. The normalized spacial score (nSPS) is 12.1. The topological polar surface area (TPSA) is 220 Å². The van der Waals surface area contributed by atoms with Gasteiger partial charge in [-0.05, 0) is 95.0 Å². The fraction of sp³-hybridized carbons (Fsp3) is 0.293. The van der Waals surface area contributed by atoms with Crippen LogP contribution in [0.15, 0.2) is 58.1 Å². The van der Waals surface area contributed by atoms with Crippen LogP contribution >= 0.6 is 11.6 Å².